The number of benzene rings is 14. The van der Waals surface area contributed by atoms with Crippen molar-refractivity contribution in [1.82, 2.24) is 0 Å². The molecule has 113 heavy (non-hydrogen) atoms. The Bertz CT molecular complexity index is 6330. The molecule has 2 heteroatoms. The Labute approximate surface area is 669 Å². The van der Waals surface area contributed by atoms with E-state index in [1.54, 1.807) is 11.1 Å². The third-order valence-electron chi connectivity index (χ3n) is 28.1. The van der Waals surface area contributed by atoms with Gasteiger partial charge >= 0.3 is 0 Å². The molecule has 1 heterocycles. The van der Waals surface area contributed by atoms with E-state index in [2.05, 4.69) is 347 Å². The Kier molecular flexibility index (Phi) is 17.0. The maximum atomic E-state index is 6.53. The highest BCUT2D eigenvalue weighted by molar-refractivity contribution is 6.20. The Balaban J connectivity index is 0.559. The number of hydrogen-bond acceptors (Lipinski definition) is 2. The largest absolute Gasteiger partial charge is 0.456 e. The summed E-state index contributed by atoms with van der Waals surface area (Å²) in [7, 11) is 0. The molecular formula is C111H103NO. The first kappa shape index (κ1) is 71.0. The highest BCUT2D eigenvalue weighted by Gasteiger charge is 2.45. The maximum Gasteiger partial charge on any atom is 0.136 e. The quantitative estimate of drug-likeness (QED) is 0.0667. The van der Waals surface area contributed by atoms with Gasteiger partial charge in [-0.2, -0.15) is 0 Å². The smallest absolute Gasteiger partial charge is 0.136 e. The molecule has 20 rings (SSSR count). The molecule has 0 atom stereocenters. The van der Waals surface area contributed by atoms with Crippen LogP contribution in [0.25, 0.3) is 133 Å². The third-order valence-corrected chi connectivity index (χ3v) is 28.1. The van der Waals surface area contributed by atoms with Crippen molar-refractivity contribution >= 4 is 49.8 Å². The van der Waals surface area contributed by atoms with Crippen molar-refractivity contribution < 1.29 is 4.42 Å². The third kappa shape index (κ3) is 11.1. The fourth-order valence-corrected chi connectivity index (χ4v) is 21.9. The fraction of sp³-hybridized carbons (Fsp3) is 0.261. The van der Waals surface area contributed by atoms with Crippen molar-refractivity contribution in [3.63, 3.8) is 0 Å². The number of unbranched alkanes of at least 4 members (excludes halogenated alkanes) is 10. The number of nitrogens with zero attached hydrogens (tertiary/aromatic N) is 1. The minimum atomic E-state index is -0.260. The molecule has 0 bridgehead atoms. The van der Waals surface area contributed by atoms with Gasteiger partial charge < -0.3 is 9.32 Å². The Morgan fingerprint density at radius 1 is 0.248 bits per heavy atom. The summed E-state index contributed by atoms with van der Waals surface area (Å²) in [5.41, 5.74) is 42.5. The van der Waals surface area contributed by atoms with Gasteiger partial charge in [0.05, 0.1) is 5.69 Å². The van der Waals surface area contributed by atoms with Crippen LogP contribution in [0.2, 0.25) is 0 Å². The average molecular weight is 1470 g/mol. The van der Waals surface area contributed by atoms with Gasteiger partial charge in [-0.3, -0.25) is 0 Å². The number of para-hydroxylation sites is 2. The van der Waals surface area contributed by atoms with Crippen LogP contribution in [0.4, 0.5) is 17.1 Å². The van der Waals surface area contributed by atoms with Crippen LogP contribution in [0.5, 0.6) is 0 Å². The number of furan rings is 1. The van der Waals surface area contributed by atoms with Gasteiger partial charge in [-0.25, -0.2) is 0 Å². The first-order valence-electron chi connectivity index (χ1n) is 42.6. The Morgan fingerprint density at radius 2 is 0.611 bits per heavy atom. The van der Waals surface area contributed by atoms with E-state index in [4.69, 9.17) is 4.42 Å². The van der Waals surface area contributed by atoms with E-state index in [1.807, 2.05) is 0 Å². The molecule has 2 nitrogen and oxygen atoms in total. The van der Waals surface area contributed by atoms with Crippen LogP contribution < -0.4 is 4.90 Å². The molecule has 5 aliphatic rings. The molecule has 0 saturated carbocycles. The van der Waals surface area contributed by atoms with Gasteiger partial charge in [0.1, 0.15) is 11.2 Å². The second kappa shape index (κ2) is 27.1. The molecule has 5 aliphatic carbocycles. The molecule has 0 unspecified atom stereocenters. The highest BCUT2D eigenvalue weighted by atomic mass is 16.3. The van der Waals surface area contributed by atoms with Crippen molar-refractivity contribution in [3.8, 4) is 100 Å². The average Bonchev–Trinajstić information content (AvgIpc) is 1.54. The molecule has 0 saturated heterocycles. The second-order valence-corrected chi connectivity index (χ2v) is 36.0. The minimum absolute atomic E-state index is 0.0537. The van der Waals surface area contributed by atoms with Crippen LogP contribution in [0.3, 0.4) is 0 Å². The van der Waals surface area contributed by atoms with Crippen molar-refractivity contribution in [1.29, 1.82) is 0 Å². The lowest BCUT2D eigenvalue weighted by Crippen LogP contribution is -2.25. The second-order valence-electron chi connectivity index (χ2n) is 36.0. The summed E-state index contributed by atoms with van der Waals surface area (Å²) in [6.07, 6.45) is 18.4. The summed E-state index contributed by atoms with van der Waals surface area (Å²) < 4.78 is 6.53. The van der Waals surface area contributed by atoms with Gasteiger partial charge in [0.25, 0.3) is 0 Å². The van der Waals surface area contributed by atoms with Crippen LogP contribution >= 0.6 is 0 Å². The van der Waals surface area contributed by atoms with Crippen LogP contribution in [-0.2, 0) is 27.1 Å². The minimum Gasteiger partial charge on any atom is -0.456 e. The van der Waals surface area contributed by atoms with E-state index in [-0.39, 0.29) is 27.1 Å². The SMILES string of the molecule is CCCCCCCCC1(CCCCCCCC)c2ccccc2-c2ccc(-c3ccc4c(c3)C(C)(C)c3cc(-c5ccc6c(c5)C(C)(C)c5cc(-c7ccc8c(c7)C(C)(C)c7cc(-c9ccc(N(c%10ccccc%10)c%10cc%11c(c%12ccccc%10%12)-c%10c(ccc%12oc%13ccccc%13c%10%12)C%11(C)C)cc9)ccc7-8)ccc5-6)ccc3-4)cc21. The molecule has 1 aromatic heterocycles. The number of hydrogen-bond donors (Lipinski definition) is 0. The molecule has 0 amide bonds. The van der Waals surface area contributed by atoms with E-state index in [0.717, 1.165) is 27.9 Å². The fourth-order valence-electron chi connectivity index (χ4n) is 21.9. The molecule has 14 aromatic carbocycles. The van der Waals surface area contributed by atoms with E-state index >= 15 is 0 Å². The lowest BCUT2D eigenvalue weighted by Gasteiger charge is -2.33. The lowest BCUT2D eigenvalue weighted by atomic mass is 9.70. The summed E-state index contributed by atoms with van der Waals surface area (Å²) >= 11 is 0. The summed E-state index contributed by atoms with van der Waals surface area (Å²) in [4.78, 5) is 2.47. The maximum absolute atomic E-state index is 6.53. The van der Waals surface area contributed by atoms with E-state index in [0.29, 0.717) is 0 Å². The zero-order valence-corrected chi connectivity index (χ0v) is 67.7. The summed E-state index contributed by atoms with van der Waals surface area (Å²) in [5, 5.41) is 4.83. The van der Waals surface area contributed by atoms with Crippen molar-refractivity contribution in [2.45, 2.75) is 186 Å². The molecule has 0 fully saturated rings. The van der Waals surface area contributed by atoms with Crippen LogP contribution in [-0.4, -0.2) is 0 Å². The lowest BCUT2D eigenvalue weighted by molar-refractivity contribution is 0.398. The number of rotatable bonds is 21. The van der Waals surface area contributed by atoms with E-state index < -0.39 is 0 Å². The van der Waals surface area contributed by atoms with Gasteiger partial charge in [0.15, 0.2) is 0 Å². The van der Waals surface area contributed by atoms with Gasteiger partial charge in [0, 0.05) is 54.6 Å². The summed E-state index contributed by atoms with van der Waals surface area (Å²) in [6.45, 7) is 24.1. The van der Waals surface area contributed by atoms with Crippen LogP contribution in [0.1, 0.15) is 215 Å². The van der Waals surface area contributed by atoms with Gasteiger partial charge in [-0.1, -0.05) is 334 Å². The normalized spacial score (nSPS) is 15.3. The molecule has 0 N–H and O–H groups in total. The van der Waals surface area contributed by atoms with Crippen LogP contribution in [0.15, 0.2) is 277 Å². The van der Waals surface area contributed by atoms with Crippen molar-refractivity contribution in [2.75, 3.05) is 4.90 Å². The molecular weight excluding hydrogens is 1360 g/mol. The van der Waals surface area contributed by atoms with E-state index in [9.17, 15) is 0 Å². The van der Waals surface area contributed by atoms with E-state index in [1.165, 1.54) is 256 Å². The summed E-state index contributed by atoms with van der Waals surface area (Å²) in [5.74, 6) is 0. The highest BCUT2D eigenvalue weighted by Crippen LogP contribution is 2.61. The Morgan fingerprint density at radius 3 is 1.10 bits per heavy atom. The van der Waals surface area contributed by atoms with Crippen molar-refractivity contribution in [3.05, 3.63) is 329 Å². The zero-order valence-electron chi connectivity index (χ0n) is 67.7. The first-order chi connectivity index (χ1) is 55.0. The monoisotopic (exact) mass is 1470 g/mol. The molecule has 15 aromatic rings. The molecule has 0 aliphatic heterocycles. The molecule has 0 spiro atoms. The molecule has 0 radical (unpaired) electrons. The predicted octanol–water partition coefficient (Wildman–Crippen LogP) is 31.9. The van der Waals surface area contributed by atoms with Crippen molar-refractivity contribution in [2.24, 2.45) is 0 Å². The zero-order chi connectivity index (χ0) is 76.9. The van der Waals surface area contributed by atoms with Gasteiger partial charge in [-0.05, 0) is 259 Å². The number of fused-ring (bicyclic) bond motifs is 21. The van der Waals surface area contributed by atoms with Gasteiger partial charge in [-0.15, -0.1) is 0 Å². The van der Waals surface area contributed by atoms with Gasteiger partial charge in [0.2, 0.25) is 0 Å². The Hall–Kier alpha value is -11.1. The molecule has 558 valence electrons. The number of anilines is 3. The van der Waals surface area contributed by atoms with Crippen LogP contribution in [0, 0.1) is 0 Å². The standard InChI is InChI=1S/C111H103NO/c1-11-13-15-17-19-30-60-111(61-31-20-18-16-14-12-2)91-38-28-26-34-80(91)87-57-48-77(68-99(87)111)76-47-56-86-85-55-46-75(66-97(85)110(9,10)98(86)67-76)74-45-54-84-83-53-44-73(64-95(83)109(7,8)96(84)65-74)72-43-52-82-81-51-42-71(62-93(81)108(5,6)94(82)63-72)70-40-49-79(50-41-70)112(78-32-22-21-23-33-78)101-69-100-104(89-36-25-24-35-88(89)101)106-92(107(100,3)4)58-59-103-105(106)90-37-27-29-39-102(90)113-103/h21-29,32-59,62-69H,11-20,30-31,60-61H2,1-10H3. The predicted molar refractivity (Wildman–Crippen MR) is 480 cm³/mol. The topological polar surface area (TPSA) is 16.4 Å². The summed E-state index contributed by atoms with van der Waals surface area (Å²) in [6, 6.07) is 106. The first-order valence-corrected chi connectivity index (χ1v) is 42.6.